The van der Waals surface area contributed by atoms with Crippen LogP contribution in [0.5, 0.6) is 0 Å². The second kappa shape index (κ2) is 7.77. The third-order valence-corrected chi connectivity index (χ3v) is 6.86. The minimum absolute atomic E-state index is 0.328. The van der Waals surface area contributed by atoms with Gasteiger partial charge in [0.1, 0.15) is 10.7 Å². The molecule has 0 atom stereocenters. The van der Waals surface area contributed by atoms with Gasteiger partial charge in [-0.3, -0.25) is 10.1 Å². The molecule has 1 N–H and O–H groups in total. The number of thioether (sulfide) groups is 1. The van der Waals surface area contributed by atoms with Crippen LogP contribution in [0.4, 0.5) is 9.52 Å². The molecule has 1 aromatic carbocycles. The number of carbonyl (C=O) groups excluding carboxylic acids is 1. The zero-order chi connectivity index (χ0) is 17.1. The van der Waals surface area contributed by atoms with Crippen LogP contribution in [0.25, 0.3) is 10.1 Å². The molecular formula is C15H13ClFN3OS3. The number of unbranched alkanes of at least 4 members (excludes halogenated alkanes) is 1. The number of anilines is 1. The molecule has 0 unspecified atom stereocenters. The van der Waals surface area contributed by atoms with E-state index < -0.39 is 0 Å². The van der Waals surface area contributed by atoms with E-state index in [9.17, 15) is 9.18 Å². The Morgan fingerprint density at radius 2 is 2.21 bits per heavy atom. The molecule has 0 bridgehead atoms. The number of nitrogens with zero attached hydrogens (tertiary/aromatic N) is 2. The molecule has 3 aromatic rings. The van der Waals surface area contributed by atoms with E-state index in [-0.39, 0.29) is 11.7 Å². The molecule has 0 spiro atoms. The van der Waals surface area contributed by atoms with Crippen molar-refractivity contribution in [2.45, 2.75) is 24.1 Å². The summed E-state index contributed by atoms with van der Waals surface area (Å²) in [5.41, 5.74) is 0. The molecule has 0 aliphatic rings. The Hall–Kier alpha value is -1.22. The molecule has 2 aromatic heterocycles. The second-order valence-electron chi connectivity index (χ2n) is 4.91. The predicted octanol–water partition coefficient (Wildman–Crippen LogP) is 5.69. The first-order valence-corrected chi connectivity index (χ1v) is 10.2. The van der Waals surface area contributed by atoms with Gasteiger partial charge in [-0.2, -0.15) is 0 Å². The molecule has 2 heterocycles. The number of aromatic nitrogens is 2. The Bertz CT molecular complexity index is 880. The summed E-state index contributed by atoms with van der Waals surface area (Å²) < 4.78 is 14.8. The summed E-state index contributed by atoms with van der Waals surface area (Å²) in [4.78, 5) is 12.8. The zero-order valence-corrected chi connectivity index (χ0v) is 15.8. The van der Waals surface area contributed by atoms with Gasteiger partial charge >= 0.3 is 0 Å². The average Bonchev–Trinajstić information content (AvgIpc) is 3.12. The van der Waals surface area contributed by atoms with E-state index in [4.69, 9.17) is 11.6 Å². The lowest BCUT2D eigenvalue weighted by atomic mass is 10.2. The van der Waals surface area contributed by atoms with Crippen LogP contribution in [0.2, 0.25) is 5.02 Å². The number of halogens is 2. The largest absolute Gasteiger partial charge is 0.296 e. The van der Waals surface area contributed by atoms with Crippen LogP contribution in [0, 0.1) is 5.82 Å². The molecular weight excluding hydrogens is 389 g/mol. The molecule has 1 amide bonds. The van der Waals surface area contributed by atoms with Gasteiger partial charge in [0.2, 0.25) is 5.13 Å². The van der Waals surface area contributed by atoms with Crippen molar-refractivity contribution >= 4 is 67.2 Å². The highest BCUT2D eigenvalue weighted by Crippen LogP contribution is 2.36. The van der Waals surface area contributed by atoms with Crippen LogP contribution >= 0.6 is 46.0 Å². The lowest BCUT2D eigenvalue weighted by Gasteiger charge is -1.98. The molecule has 4 nitrogen and oxygen atoms in total. The van der Waals surface area contributed by atoms with Crippen LogP contribution in [0.15, 0.2) is 22.5 Å². The van der Waals surface area contributed by atoms with Crippen molar-refractivity contribution in [2.75, 3.05) is 11.1 Å². The summed E-state index contributed by atoms with van der Waals surface area (Å²) in [6.45, 7) is 2.13. The maximum absolute atomic E-state index is 13.3. The number of hydrogen-bond acceptors (Lipinski definition) is 6. The summed E-state index contributed by atoms with van der Waals surface area (Å²) in [6, 6.07) is 4.27. The predicted molar refractivity (Wildman–Crippen MR) is 100 cm³/mol. The van der Waals surface area contributed by atoms with Crippen LogP contribution in [0.3, 0.4) is 0 Å². The molecule has 3 rings (SSSR count). The topological polar surface area (TPSA) is 54.9 Å². The smallest absolute Gasteiger partial charge is 0.269 e. The third kappa shape index (κ3) is 3.88. The fourth-order valence-corrected chi connectivity index (χ4v) is 5.30. The fraction of sp³-hybridized carbons (Fsp3) is 0.267. The lowest BCUT2D eigenvalue weighted by Crippen LogP contribution is -2.10. The number of rotatable bonds is 6. The Labute approximate surface area is 155 Å². The molecule has 0 saturated carbocycles. The first-order chi connectivity index (χ1) is 11.6. The second-order valence-corrected chi connectivity index (χ2v) is 8.66. The number of carbonyl (C=O) groups is 1. The van der Waals surface area contributed by atoms with Crippen molar-refractivity contribution in [3.05, 3.63) is 33.9 Å². The van der Waals surface area contributed by atoms with Gasteiger partial charge in [0.25, 0.3) is 5.91 Å². The third-order valence-electron chi connectivity index (χ3n) is 3.15. The highest BCUT2D eigenvalue weighted by Gasteiger charge is 2.19. The van der Waals surface area contributed by atoms with Gasteiger partial charge in [-0.25, -0.2) is 4.39 Å². The lowest BCUT2D eigenvalue weighted by molar-refractivity contribution is 0.103. The summed E-state index contributed by atoms with van der Waals surface area (Å²) >= 11 is 10.4. The molecule has 0 fully saturated rings. The van der Waals surface area contributed by atoms with E-state index in [0.717, 1.165) is 34.3 Å². The molecule has 0 radical (unpaired) electrons. The number of benzene rings is 1. The van der Waals surface area contributed by atoms with E-state index in [0.29, 0.717) is 25.1 Å². The van der Waals surface area contributed by atoms with Gasteiger partial charge in [-0.15, -0.1) is 21.5 Å². The minimum Gasteiger partial charge on any atom is -0.296 e. The van der Waals surface area contributed by atoms with Crippen LogP contribution in [-0.2, 0) is 0 Å². The van der Waals surface area contributed by atoms with Crippen LogP contribution in [0.1, 0.15) is 29.4 Å². The van der Waals surface area contributed by atoms with E-state index in [1.54, 1.807) is 17.8 Å². The molecule has 0 saturated heterocycles. The SMILES string of the molecule is CCCCSc1nnc(NC(=O)c2sc3cc(F)ccc3c2Cl)s1. The summed E-state index contributed by atoms with van der Waals surface area (Å²) in [5.74, 6) is 0.264. The molecule has 9 heteroatoms. The van der Waals surface area contributed by atoms with Crippen molar-refractivity contribution in [1.82, 2.24) is 10.2 Å². The maximum atomic E-state index is 13.3. The number of nitrogens with one attached hydrogen (secondary N) is 1. The van der Waals surface area contributed by atoms with Crippen molar-refractivity contribution in [3.63, 3.8) is 0 Å². The molecule has 0 aliphatic heterocycles. The Kier molecular flexibility index (Phi) is 5.70. The van der Waals surface area contributed by atoms with E-state index in [1.807, 2.05) is 0 Å². The Morgan fingerprint density at radius 3 is 3.00 bits per heavy atom. The van der Waals surface area contributed by atoms with E-state index in [2.05, 4.69) is 22.4 Å². The number of hydrogen-bond donors (Lipinski definition) is 1. The Morgan fingerprint density at radius 1 is 1.38 bits per heavy atom. The number of amides is 1. The van der Waals surface area contributed by atoms with Crippen molar-refractivity contribution in [1.29, 1.82) is 0 Å². The summed E-state index contributed by atoms with van der Waals surface area (Å²) in [7, 11) is 0. The van der Waals surface area contributed by atoms with Gasteiger partial charge in [0, 0.05) is 15.8 Å². The van der Waals surface area contributed by atoms with Crippen molar-refractivity contribution in [3.8, 4) is 0 Å². The molecule has 0 aliphatic carbocycles. The van der Waals surface area contributed by atoms with Crippen molar-refractivity contribution in [2.24, 2.45) is 0 Å². The number of fused-ring (bicyclic) bond motifs is 1. The van der Waals surface area contributed by atoms with Gasteiger partial charge < -0.3 is 0 Å². The van der Waals surface area contributed by atoms with Crippen LogP contribution < -0.4 is 5.32 Å². The monoisotopic (exact) mass is 401 g/mol. The van der Waals surface area contributed by atoms with Crippen molar-refractivity contribution < 1.29 is 9.18 Å². The first-order valence-electron chi connectivity index (χ1n) is 7.23. The van der Waals surface area contributed by atoms with Gasteiger partial charge in [-0.1, -0.05) is 48.0 Å². The van der Waals surface area contributed by atoms with Gasteiger partial charge in [0.15, 0.2) is 4.34 Å². The molecule has 126 valence electrons. The number of thiophene rings is 1. The average molecular weight is 402 g/mol. The zero-order valence-electron chi connectivity index (χ0n) is 12.6. The highest BCUT2D eigenvalue weighted by molar-refractivity contribution is 8.01. The Balaban J connectivity index is 1.74. The fourth-order valence-electron chi connectivity index (χ4n) is 1.96. The quantitative estimate of drug-likeness (QED) is 0.327. The van der Waals surface area contributed by atoms with E-state index in [1.165, 1.54) is 23.5 Å². The highest BCUT2D eigenvalue weighted by atomic mass is 35.5. The van der Waals surface area contributed by atoms with Crippen LogP contribution in [-0.4, -0.2) is 21.9 Å². The maximum Gasteiger partial charge on any atom is 0.269 e. The molecule has 24 heavy (non-hydrogen) atoms. The van der Waals surface area contributed by atoms with E-state index >= 15 is 0 Å². The normalized spacial score (nSPS) is 11.1. The van der Waals surface area contributed by atoms with Gasteiger partial charge in [0.05, 0.1) is 5.02 Å². The first kappa shape index (κ1) is 17.6. The minimum atomic E-state index is -0.358. The van der Waals surface area contributed by atoms with Gasteiger partial charge in [-0.05, 0) is 24.6 Å². The standard InChI is InChI=1S/C15H13ClFN3OS3/c1-2-3-6-22-15-20-19-14(24-15)18-13(21)12-11(16)9-5-4-8(17)7-10(9)23-12/h4-5,7H,2-3,6H2,1H3,(H,18,19,21). The summed E-state index contributed by atoms with van der Waals surface area (Å²) in [6.07, 6.45) is 2.24. The summed E-state index contributed by atoms with van der Waals surface area (Å²) in [5, 5.41) is 12.2.